The number of aryl methyl sites for hydroxylation is 1. The molecule has 6 nitrogen and oxygen atoms in total. The zero-order valence-electron chi connectivity index (χ0n) is 14.3. The van der Waals surface area contributed by atoms with E-state index >= 15 is 0 Å². The van der Waals surface area contributed by atoms with Gasteiger partial charge in [-0.25, -0.2) is 9.97 Å². The van der Waals surface area contributed by atoms with Gasteiger partial charge < -0.3 is 10.1 Å². The molecule has 2 aliphatic heterocycles. The molecule has 0 aromatic carbocycles. The number of rotatable bonds is 5. The van der Waals surface area contributed by atoms with Crippen molar-refractivity contribution in [1.29, 1.82) is 0 Å². The number of thiazole rings is 1. The second-order valence-corrected chi connectivity index (χ2v) is 7.83. The second-order valence-electron chi connectivity index (χ2n) is 6.89. The summed E-state index contributed by atoms with van der Waals surface area (Å²) in [6, 6.07) is 5.62. The van der Waals surface area contributed by atoms with E-state index in [9.17, 15) is 4.79 Å². The van der Waals surface area contributed by atoms with E-state index in [0.29, 0.717) is 19.0 Å². The van der Waals surface area contributed by atoms with Crippen molar-refractivity contribution < 1.29 is 9.53 Å². The average molecular weight is 358 g/mol. The number of ether oxygens (including phenoxy) is 1. The summed E-state index contributed by atoms with van der Waals surface area (Å²) < 4.78 is 5.85. The molecular weight excluding hydrogens is 336 g/mol. The SMILES string of the molecule is Cc1csc(CN2CC[C@@]3(C2)C(=O)NC[C@@H]3COc2ccccn2)n1. The number of hydrogen-bond acceptors (Lipinski definition) is 6. The number of hydrogen-bond donors (Lipinski definition) is 1. The van der Waals surface area contributed by atoms with Gasteiger partial charge in [-0.2, -0.15) is 0 Å². The Labute approximate surface area is 151 Å². The van der Waals surface area contributed by atoms with Gasteiger partial charge >= 0.3 is 0 Å². The summed E-state index contributed by atoms with van der Waals surface area (Å²) in [6.45, 7) is 5.72. The summed E-state index contributed by atoms with van der Waals surface area (Å²) in [5.41, 5.74) is 0.718. The zero-order chi connectivity index (χ0) is 17.3. The molecule has 2 atom stereocenters. The van der Waals surface area contributed by atoms with Crippen molar-refractivity contribution in [2.24, 2.45) is 11.3 Å². The molecule has 2 saturated heterocycles. The van der Waals surface area contributed by atoms with Crippen molar-refractivity contribution >= 4 is 17.2 Å². The van der Waals surface area contributed by atoms with E-state index in [2.05, 4.69) is 25.6 Å². The van der Waals surface area contributed by atoms with E-state index in [4.69, 9.17) is 4.74 Å². The van der Waals surface area contributed by atoms with E-state index in [1.54, 1.807) is 17.5 Å². The van der Waals surface area contributed by atoms with Crippen LogP contribution in [0.4, 0.5) is 0 Å². The molecule has 0 radical (unpaired) electrons. The molecule has 4 heterocycles. The smallest absolute Gasteiger partial charge is 0.228 e. The predicted octanol–water partition coefficient (Wildman–Crippen LogP) is 1.86. The van der Waals surface area contributed by atoms with Crippen molar-refractivity contribution in [2.75, 3.05) is 26.2 Å². The Morgan fingerprint density at radius 3 is 3.16 bits per heavy atom. The summed E-state index contributed by atoms with van der Waals surface area (Å²) in [4.78, 5) is 23.7. The van der Waals surface area contributed by atoms with Crippen LogP contribution in [0.15, 0.2) is 29.8 Å². The third-order valence-electron chi connectivity index (χ3n) is 5.22. The van der Waals surface area contributed by atoms with Crippen LogP contribution >= 0.6 is 11.3 Å². The van der Waals surface area contributed by atoms with Crippen LogP contribution in [0.3, 0.4) is 0 Å². The molecule has 4 rings (SSSR count). The Morgan fingerprint density at radius 1 is 1.48 bits per heavy atom. The highest BCUT2D eigenvalue weighted by Gasteiger charge is 2.54. The fraction of sp³-hybridized carbons (Fsp3) is 0.500. The van der Waals surface area contributed by atoms with Gasteiger partial charge in [0.2, 0.25) is 11.8 Å². The van der Waals surface area contributed by atoms with Gasteiger partial charge in [-0.05, 0) is 26.0 Å². The Balaban J connectivity index is 1.42. The molecule has 2 aromatic rings. The van der Waals surface area contributed by atoms with Gasteiger partial charge in [0, 0.05) is 42.3 Å². The average Bonchev–Trinajstić information content (AvgIpc) is 3.30. The monoisotopic (exact) mass is 358 g/mol. The number of carbonyl (C=O) groups excluding carboxylic acids is 1. The van der Waals surface area contributed by atoms with Crippen LogP contribution in [0, 0.1) is 18.3 Å². The molecule has 132 valence electrons. The fourth-order valence-corrected chi connectivity index (χ4v) is 4.66. The Kier molecular flexibility index (Phi) is 4.43. The lowest BCUT2D eigenvalue weighted by atomic mass is 9.77. The van der Waals surface area contributed by atoms with Crippen LogP contribution in [0.2, 0.25) is 0 Å². The standard InChI is InChI=1S/C18H22N4O2S/c1-13-11-25-16(21-13)9-22-7-5-18(12-22)14(8-20-17(18)23)10-24-15-4-2-3-6-19-15/h2-4,6,11,14H,5,7-10,12H2,1H3,(H,20,23)/t14-,18+/m1/s1. The number of likely N-dealkylation sites (tertiary alicyclic amines) is 1. The Bertz CT molecular complexity index is 751. The number of nitrogens with zero attached hydrogens (tertiary/aromatic N) is 3. The van der Waals surface area contributed by atoms with E-state index < -0.39 is 0 Å². The third kappa shape index (κ3) is 3.26. The third-order valence-corrected chi connectivity index (χ3v) is 6.17. The van der Waals surface area contributed by atoms with Gasteiger partial charge in [0.15, 0.2) is 0 Å². The van der Waals surface area contributed by atoms with Gasteiger partial charge in [-0.1, -0.05) is 6.07 Å². The van der Waals surface area contributed by atoms with E-state index in [1.165, 1.54) is 0 Å². The number of aromatic nitrogens is 2. The summed E-state index contributed by atoms with van der Waals surface area (Å²) in [5.74, 6) is 0.954. The minimum atomic E-state index is -0.346. The summed E-state index contributed by atoms with van der Waals surface area (Å²) in [7, 11) is 0. The lowest BCUT2D eigenvalue weighted by Crippen LogP contribution is -2.40. The van der Waals surface area contributed by atoms with Crippen LogP contribution in [-0.2, 0) is 11.3 Å². The minimum Gasteiger partial charge on any atom is -0.477 e. The van der Waals surface area contributed by atoms with Crippen molar-refractivity contribution in [3.05, 3.63) is 40.5 Å². The van der Waals surface area contributed by atoms with Crippen molar-refractivity contribution in [2.45, 2.75) is 19.9 Å². The van der Waals surface area contributed by atoms with E-state index in [0.717, 1.165) is 36.8 Å². The molecule has 0 bridgehead atoms. The number of amides is 1. The quantitative estimate of drug-likeness (QED) is 0.884. The second kappa shape index (κ2) is 6.72. The molecule has 1 N–H and O–H groups in total. The van der Waals surface area contributed by atoms with Gasteiger partial charge in [-0.15, -0.1) is 11.3 Å². The summed E-state index contributed by atoms with van der Waals surface area (Å²) >= 11 is 1.69. The van der Waals surface area contributed by atoms with Crippen LogP contribution in [0.25, 0.3) is 0 Å². The highest BCUT2D eigenvalue weighted by molar-refractivity contribution is 7.09. The predicted molar refractivity (Wildman–Crippen MR) is 95.4 cm³/mol. The largest absolute Gasteiger partial charge is 0.477 e. The Hall–Kier alpha value is -1.99. The minimum absolute atomic E-state index is 0.167. The molecule has 0 aliphatic carbocycles. The van der Waals surface area contributed by atoms with Crippen molar-refractivity contribution in [1.82, 2.24) is 20.2 Å². The summed E-state index contributed by atoms with van der Waals surface area (Å²) in [6.07, 6.45) is 2.59. The molecule has 7 heteroatoms. The Morgan fingerprint density at radius 2 is 2.40 bits per heavy atom. The number of pyridine rings is 1. The molecule has 1 amide bonds. The normalized spacial score (nSPS) is 26.3. The van der Waals surface area contributed by atoms with Crippen LogP contribution < -0.4 is 10.1 Å². The summed E-state index contributed by atoms with van der Waals surface area (Å²) in [5, 5.41) is 6.24. The van der Waals surface area contributed by atoms with Crippen LogP contribution in [0.1, 0.15) is 17.1 Å². The van der Waals surface area contributed by atoms with Crippen LogP contribution in [-0.4, -0.2) is 47.0 Å². The first kappa shape index (κ1) is 16.5. The number of carbonyl (C=O) groups is 1. The highest BCUT2D eigenvalue weighted by Crippen LogP contribution is 2.42. The maximum absolute atomic E-state index is 12.6. The lowest BCUT2D eigenvalue weighted by molar-refractivity contribution is -0.128. The molecule has 2 fully saturated rings. The maximum atomic E-state index is 12.6. The fourth-order valence-electron chi connectivity index (χ4n) is 3.84. The molecular formula is C18H22N4O2S. The molecule has 1 spiro atoms. The van der Waals surface area contributed by atoms with Gasteiger partial charge in [0.25, 0.3) is 0 Å². The van der Waals surface area contributed by atoms with Crippen molar-refractivity contribution in [3.63, 3.8) is 0 Å². The van der Waals surface area contributed by atoms with E-state index in [1.807, 2.05) is 25.1 Å². The number of nitrogens with one attached hydrogen (secondary N) is 1. The molecule has 0 saturated carbocycles. The first-order valence-corrected chi connectivity index (χ1v) is 9.49. The molecule has 2 aromatic heterocycles. The molecule has 2 aliphatic rings. The van der Waals surface area contributed by atoms with Crippen LogP contribution in [0.5, 0.6) is 5.88 Å². The molecule has 0 unspecified atom stereocenters. The lowest BCUT2D eigenvalue weighted by Gasteiger charge is -2.28. The highest BCUT2D eigenvalue weighted by atomic mass is 32.1. The van der Waals surface area contributed by atoms with Gasteiger partial charge in [-0.3, -0.25) is 9.69 Å². The van der Waals surface area contributed by atoms with Gasteiger partial charge in [0.05, 0.1) is 18.6 Å². The van der Waals surface area contributed by atoms with E-state index in [-0.39, 0.29) is 17.2 Å². The first-order valence-electron chi connectivity index (χ1n) is 8.61. The topological polar surface area (TPSA) is 67.4 Å². The first-order chi connectivity index (χ1) is 12.2. The van der Waals surface area contributed by atoms with Crippen molar-refractivity contribution in [3.8, 4) is 5.88 Å². The van der Waals surface area contributed by atoms with Gasteiger partial charge in [0.1, 0.15) is 5.01 Å². The molecule has 25 heavy (non-hydrogen) atoms. The zero-order valence-corrected chi connectivity index (χ0v) is 15.1. The maximum Gasteiger partial charge on any atom is 0.228 e.